The summed E-state index contributed by atoms with van der Waals surface area (Å²) in [5.41, 5.74) is 2.89. The highest BCUT2D eigenvalue weighted by molar-refractivity contribution is 9.10. The van der Waals surface area contributed by atoms with Crippen LogP contribution < -0.4 is 10.1 Å². The first-order valence-electron chi connectivity index (χ1n) is 8.88. The summed E-state index contributed by atoms with van der Waals surface area (Å²) in [6.07, 6.45) is 0. The van der Waals surface area contributed by atoms with Gasteiger partial charge in [0.25, 0.3) is 5.91 Å². The first-order chi connectivity index (χ1) is 13.2. The summed E-state index contributed by atoms with van der Waals surface area (Å²) in [5, 5.41) is 3.17. The summed E-state index contributed by atoms with van der Waals surface area (Å²) < 4.78 is 6.74. The average molecular weight is 468 g/mol. The Morgan fingerprint density at radius 2 is 1.86 bits per heavy atom. The van der Waals surface area contributed by atoms with Crippen molar-refractivity contribution in [2.24, 2.45) is 0 Å². The summed E-state index contributed by atoms with van der Waals surface area (Å²) in [7, 11) is 1.55. The molecule has 2 aromatic rings. The molecular weight excluding hydrogens is 444 g/mol. The van der Waals surface area contributed by atoms with Crippen LogP contribution in [0.15, 0.2) is 40.9 Å². The molecule has 1 N–H and O–H groups in total. The molecule has 1 atom stereocenters. The minimum absolute atomic E-state index is 0.164. The second kappa shape index (κ2) is 9.94. The van der Waals surface area contributed by atoms with Gasteiger partial charge in [0.2, 0.25) is 5.91 Å². The highest BCUT2D eigenvalue weighted by Gasteiger charge is 2.26. The third kappa shape index (κ3) is 5.72. The number of hydrogen-bond donors (Lipinski definition) is 1. The fourth-order valence-electron chi connectivity index (χ4n) is 2.84. The van der Waals surface area contributed by atoms with Gasteiger partial charge in [-0.05, 0) is 61.7 Å². The van der Waals surface area contributed by atoms with Crippen LogP contribution in [0.2, 0.25) is 5.02 Å². The van der Waals surface area contributed by atoms with Crippen LogP contribution in [0.3, 0.4) is 0 Å². The Labute approximate surface area is 179 Å². The van der Waals surface area contributed by atoms with E-state index in [9.17, 15) is 9.59 Å². The van der Waals surface area contributed by atoms with Gasteiger partial charge in [-0.2, -0.15) is 0 Å². The summed E-state index contributed by atoms with van der Waals surface area (Å²) in [6, 6.07) is 10.3. The number of ether oxygens (including phenoxy) is 1. The fourth-order valence-corrected chi connectivity index (χ4v) is 3.28. The molecule has 0 fully saturated rings. The van der Waals surface area contributed by atoms with Gasteiger partial charge in [-0.25, -0.2) is 0 Å². The van der Waals surface area contributed by atoms with E-state index in [2.05, 4.69) is 21.2 Å². The molecular formula is C21H24BrClN2O3. The van der Waals surface area contributed by atoms with Crippen molar-refractivity contribution in [2.45, 2.75) is 33.4 Å². The third-order valence-corrected chi connectivity index (χ3v) is 5.91. The Balaban J connectivity index is 2.17. The van der Waals surface area contributed by atoms with Crippen molar-refractivity contribution in [3.63, 3.8) is 0 Å². The largest absolute Gasteiger partial charge is 0.484 e. The van der Waals surface area contributed by atoms with Crippen LogP contribution in [0.25, 0.3) is 0 Å². The third-order valence-electron chi connectivity index (χ3n) is 4.43. The van der Waals surface area contributed by atoms with E-state index in [-0.39, 0.29) is 25.0 Å². The zero-order chi connectivity index (χ0) is 20.8. The molecule has 0 saturated carbocycles. The van der Waals surface area contributed by atoms with Crippen molar-refractivity contribution in [1.29, 1.82) is 0 Å². The molecule has 0 saturated heterocycles. The number of nitrogens with one attached hydrogen (secondary N) is 1. The van der Waals surface area contributed by atoms with Gasteiger partial charge in [0, 0.05) is 23.1 Å². The Morgan fingerprint density at radius 1 is 1.21 bits per heavy atom. The minimum Gasteiger partial charge on any atom is -0.484 e. The van der Waals surface area contributed by atoms with Crippen molar-refractivity contribution in [2.75, 3.05) is 13.7 Å². The number of halogens is 2. The SMILES string of the molecule is CNC(=O)[C@H](C)N(Cc1cccc(Cl)c1)C(=O)COc1cc(C)c(Br)c(C)c1. The Morgan fingerprint density at radius 3 is 2.43 bits per heavy atom. The van der Waals surface area contributed by atoms with Crippen LogP contribution in [0.5, 0.6) is 5.75 Å². The summed E-state index contributed by atoms with van der Waals surface area (Å²) in [4.78, 5) is 26.5. The lowest BCUT2D eigenvalue weighted by molar-refractivity contribution is -0.142. The lowest BCUT2D eigenvalue weighted by atomic mass is 10.1. The number of aryl methyl sites for hydroxylation is 2. The molecule has 28 heavy (non-hydrogen) atoms. The van der Waals surface area contributed by atoms with Crippen LogP contribution in [0, 0.1) is 13.8 Å². The Kier molecular flexibility index (Phi) is 7.89. The first kappa shape index (κ1) is 22.2. The number of likely N-dealkylation sites (N-methyl/N-ethyl adjacent to an activating group) is 1. The fraction of sp³-hybridized carbons (Fsp3) is 0.333. The van der Waals surface area contributed by atoms with Crippen LogP contribution in [0.1, 0.15) is 23.6 Å². The van der Waals surface area contributed by atoms with E-state index in [1.807, 2.05) is 38.1 Å². The van der Waals surface area contributed by atoms with Gasteiger partial charge in [0.15, 0.2) is 6.61 Å². The van der Waals surface area contributed by atoms with Gasteiger partial charge in [0.1, 0.15) is 11.8 Å². The molecule has 0 aromatic heterocycles. The van der Waals surface area contributed by atoms with E-state index >= 15 is 0 Å². The van der Waals surface area contributed by atoms with Crippen LogP contribution in [-0.2, 0) is 16.1 Å². The zero-order valence-corrected chi connectivity index (χ0v) is 18.7. The first-order valence-corrected chi connectivity index (χ1v) is 10.0. The molecule has 5 nitrogen and oxygen atoms in total. The van der Waals surface area contributed by atoms with Gasteiger partial charge in [0.05, 0.1) is 0 Å². The molecule has 150 valence electrons. The Hall–Kier alpha value is -2.05. The second-order valence-electron chi connectivity index (χ2n) is 6.60. The Bertz CT molecular complexity index is 849. The van der Waals surface area contributed by atoms with E-state index < -0.39 is 6.04 Å². The molecule has 0 heterocycles. The summed E-state index contributed by atoms with van der Waals surface area (Å²) in [6.45, 7) is 5.71. The van der Waals surface area contributed by atoms with Crippen LogP contribution in [0.4, 0.5) is 0 Å². The molecule has 7 heteroatoms. The predicted octanol–water partition coefficient (Wildman–Crippen LogP) is 4.26. The maximum atomic E-state index is 12.9. The molecule has 0 bridgehead atoms. The lowest BCUT2D eigenvalue weighted by Crippen LogP contribution is -2.48. The quantitative estimate of drug-likeness (QED) is 0.662. The summed E-state index contributed by atoms with van der Waals surface area (Å²) in [5.74, 6) is 0.0851. The van der Waals surface area contributed by atoms with Gasteiger partial charge in [-0.3, -0.25) is 9.59 Å². The summed E-state index contributed by atoms with van der Waals surface area (Å²) >= 11 is 9.57. The number of amides is 2. The molecule has 2 amide bonds. The topological polar surface area (TPSA) is 58.6 Å². The number of nitrogens with zero attached hydrogens (tertiary/aromatic N) is 1. The second-order valence-corrected chi connectivity index (χ2v) is 7.83. The number of carbonyl (C=O) groups excluding carboxylic acids is 2. The number of hydrogen-bond acceptors (Lipinski definition) is 3. The van der Waals surface area contributed by atoms with Crippen molar-refractivity contribution < 1.29 is 14.3 Å². The normalized spacial score (nSPS) is 11.6. The average Bonchev–Trinajstić information content (AvgIpc) is 2.67. The number of rotatable bonds is 7. The lowest BCUT2D eigenvalue weighted by Gasteiger charge is -2.28. The van der Waals surface area contributed by atoms with Gasteiger partial charge in [-0.15, -0.1) is 0 Å². The van der Waals surface area contributed by atoms with Crippen molar-refractivity contribution >= 4 is 39.3 Å². The maximum absolute atomic E-state index is 12.9. The monoisotopic (exact) mass is 466 g/mol. The standard InChI is InChI=1S/C21H24BrClN2O3/c1-13-8-18(9-14(2)20(13)22)28-12-19(26)25(15(3)21(27)24-4)11-16-6-5-7-17(23)10-16/h5-10,15H,11-12H2,1-4H3,(H,24,27)/t15-/m0/s1. The maximum Gasteiger partial charge on any atom is 0.261 e. The van der Waals surface area contributed by atoms with E-state index in [0.29, 0.717) is 10.8 Å². The molecule has 2 rings (SSSR count). The molecule has 0 spiro atoms. The van der Waals surface area contributed by atoms with Gasteiger partial charge < -0.3 is 15.0 Å². The van der Waals surface area contributed by atoms with Gasteiger partial charge >= 0.3 is 0 Å². The molecule has 0 aliphatic rings. The van der Waals surface area contributed by atoms with Crippen molar-refractivity contribution in [1.82, 2.24) is 10.2 Å². The van der Waals surface area contributed by atoms with E-state index in [4.69, 9.17) is 16.3 Å². The van der Waals surface area contributed by atoms with Crippen molar-refractivity contribution in [3.05, 3.63) is 62.6 Å². The predicted molar refractivity (Wildman–Crippen MR) is 115 cm³/mol. The van der Waals surface area contributed by atoms with E-state index in [1.54, 1.807) is 26.1 Å². The molecule has 0 unspecified atom stereocenters. The van der Waals surface area contributed by atoms with Crippen molar-refractivity contribution in [3.8, 4) is 5.75 Å². The molecule has 0 aliphatic carbocycles. The van der Waals surface area contributed by atoms with Crippen LogP contribution in [-0.4, -0.2) is 36.4 Å². The number of carbonyl (C=O) groups is 2. The molecule has 0 radical (unpaired) electrons. The van der Waals surface area contributed by atoms with Gasteiger partial charge in [-0.1, -0.05) is 39.7 Å². The van der Waals surface area contributed by atoms with Crippen LogP contribution >= 0.6 is 27.5 Å². The highest BCUT2D eigenvalue weighted by Crippen LogP contribution is 2.26. The molecule has 2 aromatic carbocycles. The zero-order valence-electron chi connectivity index (χ0n) is 16.4. The van der Waals surface area contributed by atoms with E-state index in [0.717, 1.165) is 21.2 Å². The molecule has 0 aliphatic heterocycles. The number of benzene rings is 2. The van der Waals surface area contributed by atoms with E-state index in [1.165, 1.54) is 4.90 Å². The smallest absolute Gasteiger partial charge is 0.261 e. The highest BCUT2D eigenvalue weighted by atomic mass is 79.9. The minimum atomic E-state index is -0.645.